The van der Waals surface area contributed by atoms with Gasteiger partial charge in [-0.1, -0.05) is 97.1 Å². The zero-order valence-corrected chi connectivity index (χ0v) is 34.7. The van der Waals surface area contributed by atoms with Crippen LogP contribution in [0, 0.1) is 17.8 Å². The summed E-state index contributed by atoms with van der Waals surface area (Å²) in [6.07, 6.45) is 8.58. The predicted octanol–water partition coefficient (Wildman–Crippen LogP) is 16.0. The number of aromatic nitrogens is 1. The summed E-state index contributed by atoms with van der Waals surface area (Å²) in [4.78, 5) is 7.39. The lowest BCUT2D eigenvalue weighted by Crippen LogP contribution is -2.48. The number of hydrogen-bond acceptors (Lipinski definition) is 3. The maximum atomic E-state index is 2.60. The van der Waals surface area contributed by atoms with Gasteiger partial charge in [0, 0.05) is 27.8 Å². The van der Waals surface area contributed by atoms with Crippen LogP contribution in [0.15, 0.2) is 188 Å². The highest BCUT2D eigenvalue weighted by Crippen LogP contribution is 2.64. The van der Waals surface area contributed by atoms with Gasteiger partial charge < -0.3 is 19.3 Å². The fourth-order valence-electron chi connectivity index (χ4n) is 13.2. The number of rotatable bonds is 5. The molecule has 2 aliphatic heterocycles. The van der Waals surface area contributed by atoms with Crippen molar-refractivity contribution >= 4 is 73.0 Å². The number of anilines is 9. The lowest BCUT2D eigenvalue weighted by atomic mass is 9.48. The van der Waals surface area contributed by atoms with Crippen molar-refractivity contribution in [2.24, 2.45) is 17.8 Å². The molecule has 8 aromatic carbocycles. The third-order valence-corrected chi connectivity index (χ3v) is 15.3. The standard InChI is InChI=1S/C58H46N4/c1-3-13-44(14-4-1)60-51-19-9-11-21-53(51)62-54-22-12-10-20-52(54)61(45-15-5-2-6-16-45)56-33-42(32-55(60)57(56)62)41-23-26-46(27-24-41)59-49-18-8-7-17-47(49)48-34-43(25-28-50(48)59)58-35-38-29-39(36-58)31-40(30-38)37-58/h1-28,32-34,38-40H,29-31,35-37H2. The van der Waals surface area contributed by atoms with Gasteiger partial charge in [0.05, 0.1) is 50.8 Å². The minimum absolute atomic E-state index is 0.370. The second kappa shape index (κ2) is 13.0. The van der Waals surface area contributed by atoms with Gasteiger partial charge in [-0.15, -0.1) is 0 Å². The first kappa shape index (κ1) is 34.6. The summed E-state index contributed by atoms with van der Waals surface area (Å²) in [5.41, 5.74) is 18.5. The highest BCUT2D eigenvalue weighted by atomic mass is 15.3. The van der Waals surface area contributed by atoms with E-state index in [9.17, 15) is 0 Å². The average Bonchev–Trinajstić information content (AvgIpc) is 3.65. The highest BCUT2D eigenvalue weighted by molar-refractivity contribution is 6.14. The molecule has 0 amide bonds. The molecular weight excluding hydrogens is 753 g/mol. The molecule has 4 bridgehead atoms. The Morgan fingerprint density at radius 2 is 0.839 bits per heavy atom. The van der Waals surface area contributed by atoms with Crippen LogP contribution >= 0.6 is 0 Å². The second-order valence-corrected chi connectivity index (χ2v) is 18.8. The third-order valence-electron chi connectivity index (χ3n) is 15.3. The molecular formula is C58H46N4. The largest absolute Gasteiger partial charge is 0.309 e. The summed E-state index contributed by atoms with van der Waals surface area (Å²) in [6, 6.07) is 70.1. The van der Waals surface area contributed by atoms with E-state index in [1.165, 1.54) is 94.2 Å². The molecule has 0 atom stereocenters. The Labute approximate surface area is 362 Å². The van der Waals surface area contributed by atoms with E-state index in [2.05, 4.69) is 207 Å². The van der Waals surface area contributed by atoms with E-state index in [0.29, 0.717) is 5.41 Å². The lowest BCUT2D eigenvalue weighted by molar-refractivity contribution is -0.00512. The van der Waals surface area contributed by atoms with Crippen LogP contribution in [0.4, 0.5) is 51.2 Å². The van der Waals surface area contributed by atoms with Crippen LogP contribution < -0.4 is 14.7 Å². The van der Waals surface area contributed by atoms with Gasteiger partial charge in [-0.2, -0.15) is 0 Å². The fraction of sp³-hybridized carbons (Fsp3) is 0.172. The summed E-state index contributed by atoms with van der Waals surface area (Å²) in [7, 11) is 0. The minimum Gasteiger partial charge on any atom is -0.309 e. The van der Waals surface area contributed by atoms with Gasteiger partial charge >= 0.3 is 0 Å². The molecule has 4 heteroatoms. The maximum Gasteiger partial charge on any atom is 0.0948 e. The van der Waals surface area contributed by atoms with Gasteiger partial charge in [-0.05, 0) is 169 Å². The Balaban J connectivity index is 0.938. The Morgan fingerprint density at radius 3 is 1.40 bits per heavy atom. The molecule has 4 nitrogen and oxygen atoms in total. The molecule has 15 rings (SSSR count). The zero-order chi connectivity index (χ0) is 40.5. The van der Waals surface area contributed by atoms with Gasteiger partial charge in [-0.25, -0.2) is 0 Å². The minimum atomic E-state index is 0.370. The van der Waals surface area contributed by atoms with Crippen LogP contribution in [0.5, 0.6) is 0 Å². The van der Waals surface area contributed by atoms with Crippen molar-refractivity contribution in [1.29, 1.82) is 0 Å². The Morgan fingerprint density at radius 1 is 0.355 bits per heavy atom. The summed E-state index contributed by atoms with van der Waals surface area (Å²) < 4.78 is 2.49. The summed E-state index contributed by atoms with van der Waals surface area (Å²) in [5, 5.41) is 2.73. The topological polar surface area (TPSA) is 14.7 Å². The van der Waals surface area contributed by atoms with Crippen molar-refractivity contribution < 1.29 is 0 Å². The normalized spacial score (nSPS) is 21.6. The van der Waals surface area contributed by atoms with Crippen LogP contribution in [0.2, 0.25) is 0 Å². The molecule has 3 heterocycles. The smallest absolute Gasteiger partial charge is 0.0948 e. The first-order valence-electron chi connectivity index (χ1n) is 22.7. The van der Waals surface area contributed by atoms with Gasteiger partial charge in [0.25, 0.3) is 0 Å². The van der Waals surface area contributed by atoms with Gasteiger partial charge in [-0.3, -0.25) is 0 Å². The molecule has 62 heavy (non-hydrogen) atoms. The molecule has 6 aliphatic rings. The van der Waals surface area contributed by atoms with Crippen molar-refractivity contribution in [3.63, 3.8) is 0 Å². The van der Waals surface area contributed by atoms with Crippen molar-refractivity contribution in [2.45, 2.75) is 43.9 Å². The first-order chi connectivity index (χ1) is 30.7. The van der Waals surface area contributed by atoms with Crippen molar-refractivity contribution in [3.05, 3.63) is 194 Å². The van der Waals surface area contributed by atoms with Crippen molar-refractivity contribution in [3.8, 4) is 16.8 Å². The quantitative estimate of drug-likeness (QED) is 0.172. The van der Waals surface area contributed by atoms with E-state index < -0.39 is 0 Å². The summed E-state index contributed by atoms with van der Waals surface area (Å²) >= 11 is 0. The molecule has 4 saturated carbocycles. The fourth-order valence-corrected chi connectivity index (χ4v) is 13.2. The van der Waals surface area contributed by atoms with Crippen LogP contribution in [0.1, 0.15) is 44.1 Å². The highest BCUT2D eigenvalue weighted by Gasteiger charge is 2.51. The molecule has 0 unspecified atom stereocenters. The molecule has 0 saturated heterocycles. The van der Waals surface area contributed by atoms with Crippen LogP contribution in [0.25, 0.3) is 38.6 Å². The zero-order valence-electron chi connectivity index (χ0n) is 34.7. The molecule has 0 spiro atoms. The van der Waals surface area contributed by atoms with Crippen LogP contribution in [0.3, 0.4) is 0 Å². The molecule has 0 radical (unpaired) electrons. The van der Waals surface area contributed by atoms with E-state index in [0.717, 1.165) is 51.9 Å². The first-order valence-corrected chi connectivity index (χ1v) is 22.7. The van der Waals surface area contributed by atoms with Gasteiger partial charge in [0.1, 0.15) is 0 Å². The number of nitrogens with zero attached hydrogens (tertiary/aromatic N) is 4. The average molecular weight is 799 g/mol. The maximum absolute atomic E-state index is 2.60. The summed E-state index contributed by atoms with van der Waals surface area (Å²) in [5.74, 6) is 2.79. The Bertz CT molecular complexity index is 3090. The molecule has 0 N–H and O–H groups in total. The number of para-hydroxylation sites is 7. The van der Waals surface area contributed by atoms with E-state index in [4.69, 9.17) is 0 Å². The van der Waals surface area contributed by atoms with Gasteiger partial charge in [0.2, 0.25) is 0 Å². The van der Waals surface area contributed by atoms with Gasteiger partial charge in [0.15, 0.2) is 0 Å². The molecule has 1 aromatic heterocycles. The molecule has 298 valence electrons. The van der Waals surface area contributed by atoms with Crippen LogP contribution in [-0.2, 0) is 5.41 Å². The monoisotopic (exact) mass is 798 g/mol. The number of fused-ring (bicyclic) bond motifs is 7. The lowest BCUT2D eigenvalue weighted by Gasteiger charge is -2.57. The van der Waals surface area contributed by atoms with E-state index in [1.54, 1.807) is 5.56 Å². The van der Waals surface area contributed by atoms with E-state index in [1.807, 2.05) is 0 Å². The molecule has 9 aromatic rings. The number of hydrogen-bond donors (Lipinski definition) is 0. The molecule has 4 fully saturated rings. The summed E-state index contributed by atoms with van der Waals surface area (Å²) in [6.45, 7) is 0. The third kappa shape index (κ3) is 4.95. The number of benzene rings is 8. The SMILES string of the molecule is c1ccc(N2c3ccccc3N3c4ccccc4N(c4ccccc4)c4cc(-c5ccc(-n6c7ccccc7c7cc(C89CC%10CC(CC(C%10)C8)C9)ccc76)cc5)cc2c43)cc1. The Kier molecular flexibility index (Phi) is 7.26. The van der Waals surface area contributed by atoms with E-state index >= 15 is 0 Å². The predicted molar refractivity (Wildman–Crippen MR) is 257 cm³/mol. The van der Waals surface area contributed by atoms with Crippen molar-refractivity contribution in [1.82, 2.24) is 4.57 Å². The van der Waals surface area contributed by atoms with Crippen molar-refractivity contribution in [2.75, 3.05) is 14.7 Å². The second-order valence-electron chi connectivity index (χ2n) is 18.8. The Hall–Kier alpha value is -7.04. The molecule has 4 aliphatic carbocycles. The van der Waals surface area contributed by atoms with Crippen LogP contribution in [-0.4, -0.2) is 4.57 Å². The van der Waals surface area contributed by atoms with E-state index in [-0.39, 0.29) is 0 Å².